The Kier molecular flexibility index (Phi) is 5.51. The number of carboxylic acid groups (broad SMARTS) is 1. The monoisotopic (exact) mass is 345 g/mol. The highest BCUT2D eigenvalue weighted by atomic mass is 16.6. The van der Waals surface area contributed by atoms with Gasteiger partial charge in [0.05, 0.1) is 31.0 Å². The normalized spacial score (nSPS) is 10.5. The number of rotatable bonds is 7. The summed E-state index contributed by atoms with van der Waals surface area (Å²) in [6, 6.07) is 8.74. The Balaban J connectivity index is 2.25. The summed E-state index contributed by atoms with van der Waals surface area (Å²) in [4.78, 5) is 21.6. The van der Waals surface area contributed by atoms with Crippen LogP contribution in [0, 0.1) is 10.1 Å². The Morgan fingerprint density at radius 1 is 1.20 bits per heavy atom. The number of hydrogen-bond acceptors (Lipinski definition) is 7. The molecule has 0 aromatic heterocycles. The van der Waals surface area contributed by atoms with Crippen LogP contribution in [-0.4, -0.2) is 36.4 Å². The molecule has 2 aromatic rings. The lowest BCUT2D eigenvalue weighted by atomic mass is 10.1. The number of carboxylic acids is 1. The third-order valence-electron chi connectivity index (χ3n) is 3.27. The molecule has 0 bridgehead atoms. The largest absolute Gasteiger partial charge is 0.493 e. The molecule has 2 N–H and O–H groups in total. The van der Waals surface area contributed by atoms with Crippen molar-refractivity contribution in [1.29, 1.82) is 0 Å². The summed E-state index contributed by atoms with van der Waals surface area (Å²) in [5.74, 6) is -0.804. The number of nitrogens with one attached hydrogen (secondary N) is 1. The lowest BCUT2D eigenvalue weighted by Crippen LogP contribution is -2.07. The molecule has 0 atom stereocenters. The van der Waals surface area contributed by atoms with Gasteiger partial charge in [0.1, 0.15) is 5.56 Å². The number of methoxy groups -OCH3 is 2. The van der Waals surface area contributed by atoms with E-state index in [0.717, 1.165) is 0 Å². The van der Waals surface area contributed by atoms with Gasteiger partial charge < -0.3 is 14.6 Å². The van der Waals surface area contributed by atoms with E-state index in [-0.39, 0.29) is 17.0 Å². The quantitative estimate of drug-likeness (QED) is 0.449. The number of ether oxygens (including phenoxy) is 2. The van der Waals surface area contributed by atoms with Crippen molar-refractivity contribution in [2.24, 2.45) is 5.10 Å². The Labute approximate surface area is 142 Å². The molecule has 0 aliphatic rings. The van der Waals surface area contributed by atoms with Gasteiger partial charge in [-0.05, 0) is 24.3 Å². The van der Waals surface area contributed by atoms with Gasteiger partial charge in [-0.15, -0.1) is 0 Å². The number of hydrazone groups is 1. The molecule has 0 saturated heterocycles. The van der Waals surface area contributed by atoms with Crippen molar-refractivity contribution in [1.82, 2.24) is 0 Å². The second-order valence-electron chi connectivity index (χ2n) is 4.74. The number of non-ortho nitro benzene ring substituents is 1. The van der Waals surface area contributed by atoms with E-state index in [2.05, 4.69) is 10.5 Å². The van der Waals surface area contributed by atoms with Gasteiger partial charge in [0, 0.05) is 17.7 Å². The predicted molar refractivity (Wildman–Crippen MR) is 90.8 cm³/mol. The molecule has 0 saturated carbocycles. The van der Waals surface area contributed by atoms with Crippen molar-refractivity contribution in [2.75, 3.05) is 19.6 Å². The van der Waals surface area contributed by atoms with E-state index in [1.807, 2.05) is 0 Å². The van der Waals surface area contributed by atoms with Crippen LogP contribution >= 0.6 is 0 Å². The molecule has 9 nitrogen and oxygen atoms in total. The minimum absolute atomic E-state index is 0.0393. The third-order valence-corrected chi connectivity index (χ3v) is 3.27. The van der Waals surface area contributed by atoms with Gasteiger partial charge >= 0.3 is 5.97 Å². The molecule has 0 fully saturated rings. The first kappa shape index (κ1) is 17.7. The second kappa shape index (κ2) is 7.77. The fraction of sp³-hybridized carbons (Fsp3) is 0.125. The zero-order valence-electron chi connectivity index (χ0n) is 13.4. The first-order chi connectivity index (χ1) is 12.0. The number of benzene rings is 2. The van der Waals surface area contributed by atoms with Crippen LogP contribution in [0.1, 0.15) is 15.9 Å². The van der Waals surface area contributed by atoms with Crippen LogP contribution in [-0.2, 0) is 0 Å². The number of hydrogen-bond donors (Lipinski definition) is 2. The van der Waals surface area contributed by atoms with E-state index in [9.17, 15) is 20.0 Å². The third kappa shape index (κ3) is 4.02. The highest BCUT2D eigenvalue weighted by molar-refractivity contribution is 6.01. The molecule has 0 aliphatic heterocycles. The van der Waals surface area contributed by atoms with Gasteiger partial charge in [-0.1, -0.05) is 0 Å². The number of carbonyl (C=O) groups is 1. The highest BCUT2D eigenvalue weighted by Gasteiger charge is 2.19. The summed E-state index contributed by atoms with van der Waals surface area (Å²) in [5, 5.41) is 24.0. The predicted octanol–water partition coefficient (Wildman–Crippen LogP) is 2.76. The SMILES string of the molecule is COc1ccc(/C=N/Nc2ccc([N+](=O)[O-])cc2)c(C(=O)O)c1OC. The first-order valence-corrected chi connectivity index (χ1v) is 6.99. The maximum Gasteiger partial charge on any atom is 0.340 e. The fourth-order valence-electron chi connectivity index (χ4n) is 2.10. The second-order valence-corrected chi connectivity index (χ2v) is 4.74. The van der Waals surface area contributed by atoms with Crippen molar-refractivity contribution in [3.63, 3.8) is 0 Å². The number of nitrogens with zero attached hydrogens (tertiary/aromatic N) is 2. The van der Waals surface area contributed by atoms with Crippen LogP contribution in [0.3, 0.4) is 0 Å². The number of nitro benzene ring substituents is 1. The molecule has 130 valence electrons. The van der Waals surface area contributed by atoms with E-state index in [1.165, 1.54) is 50.8 Å². The zero-order chi connectivity index (χ0) is 18.4. The maximum absolute atomic E-state index is 11.5. The van der Waals surface area contributed by atoms with Gasteiger partial charge in [-0.25, -0.2) is 4.79 Å². The molecule has 2 aromatic carbocycles. The van der Waals surface area contributed by atoms with Gasteiger partial charge in [-0.2, -0.15) is 5.10 Å². The van der Waals surface area contributed by atoms with E-state index in [1.54, 1.807) is 6.07 Å². The molecule has 2 rings (SSSR count). The molecule has 0 spiro atoms. The van der Waals surface area contributed by atoms with E-state index in [4.69, 9.17) is 9.47 Å². The summed E-state index contributed by atoms with van der Waals surface area (Å²) in [5.41, 5.74) is 3.37. The smallest absolute Gasteiger partial charge is 0.340 e. The molecule has 25 heavy (non-hydrogen) atoms. The lowest BCUT2D eigenvalue weighted by Gasteiger charge is -2.12. The van der Waals surface area contributed by atoms with E-state index >= 15 is 0 Å². The summed E-state index contributed by atoms with van der Waals surface area (Å²) < 4.78 is 10.2. The molecule has 9 heteroatoms. The highest BCUT2D eigenvalue weighted by Crippen LogP contribution is 2.32. The Hall–Kier alpha value is -3.62. The molecule has 0 amide bonds. The molecule has 0 unspecified atom stereocenters. The minimum atomic E-state index is -1.19. The van der Waals surface area contributed by atoms with Crippen LogP contribution in [0.5, 0.6) is 11.5 Å². The van der Waals surface area contributed by atoms with Crippen LogP contribution in [0.4, 0.5) is 11.4 Å². The standard InChI is InChI=1S/C16H15N3O6/c1-24-13-8-3-10(14(16(20)21)15(13)25-2)9-17-18-11-4-6-12(7-5-11)19(22)23/h3-9,18H,1-2H3,(H,20,21)/b17-9+. The summed E-state index contributed by atoms with van der Waals surface area (Å²) in [6.07, 6.45) is 1.31. The topological polar surface area (TPSA) is 123 Å². The molecular formula is C16H15N3O6. The van der Waals surface area contributed by atoms with E-state index < -0.39 is 10.9 Å². The van der Waals surface area contributed by atoms with Crippen molar-refractivity contribution < 1.29 is 24.3 Å². The number of anilines is 1. The Morgan fingerprint density at radius 3 is 2.40 bits per heavy atom. The van der Waals surface area contributed by atoms with Crippen LogP contribution < -0.4 is 14.9 Å². The molecule has 0 radical (unpaired) electrons. The summed E-state index contributed by atoms with van der Waals surface area (Å²) >= 11 is 0. The van der Waals surface area contributed by atoms with Crippen LogP contribution in [0.2, 0.25) is 0 Å². The maximum atomic E-state index is 11.5. The molecule has 0 aliphatic carbocycles. The Morgan fingerprint density at radius 2 is 1.88 bits per heavy atom. The van der Waals surface area contributed by atoms with E-state index in [0.29, 0.717) is 17.0 Å². The van der Waals surface area contributed by atoms with Crippen molar-refractivity contribution in [3.05, 3.63) is 57.6 Å². The summed E-state index contributed by atoms with van der Waals surface area (Å²) in [7, 11) is 2.76. The molecule has 0 heterocycles. The van der Waals surface area contributed by atoms with Gasteiger partial charge in [-0.3, -0.25) is 15.5 Å². The Bertz CT molecular complexity index is 817. The average Bonchev–Trinajstić information content (AvgIpc) is 2.61. The number of nitro groups is 1. The lowest BCUT2D eigenvalue weighted by molar-refractivity contribution is -0.384. The average molecular weight is 345 g/mol. The van der Waals surface area contributed by atoms with Crippen molar-refractivity contribution in [3.8, 4) is 11.5 Å². The fourth-order valence-corrected chi connectivity index (χ4v) is 2.10. The molecular weight excluding hydrogens is 330 g/mol. The first-order valence-electron chi connectivity index (χ1n) is 6.99. The van der Waals surface area contributed by atoms with Gasteiger partial charge in [0.25, 0.3) is 5.69 Å². The zero-order valence-corrected chi connectivity index (χ0v) is 13.4. The van der Waals surface area contributed by atoms with Crippen molar-refractivity contribution >= 4 is 23.6 Å². The van der Waals surface area contributed by atoms with Crippen molar-refractivity contribution in [2.45, 2.75) is 0 Å². The number of aromatic carboxylic acids is 1. The van der Waals surface area contributed by atoms with Gasteiger partial charge in [0.2, 0.25) is 0 Å². The summed E-state index contributed by atoms with van der Waals surface area (Å²) in [6.45, 7) is 0. The minimum Gasteiger partial charge on any atom is -0.493 e. The van der Waals surface area contributed by atoms with Crippen LogP contribution in [0.15, 0.2) is 41.5 Å². The van der Waals surface area contributed by atoms with Crippen LogP contribution in [0.25, 0.3) is 0 Å². The van der Waals surface area contributed by atoms with Gasteiger partial charge in [0.15, 0.2) is 11.5 Å².